The first-order chi connectivity index (χ1) is 13.5. The minimum absolute atomic E-state index is 0.0632. The molecule has 1 heterocycles. The highest BCUT2D eigenvalue weighted by molar-refractivity contribution is 5.79. The van der Waals surface area contributed by atoms with Gasteiger partial charge in [0.25, 0.3) is 0 Å². The molecule has 0 aliphatic carbocycles. The van der Waals surface area contributed by atoms with Crippen LogP contribution in [-0.4, -0.2) is 25.8 Å². The van der Waals surface area contributed by atoms with Crippen molar-refractivity contribution in [3.05, 3.63) is 59.0 Å². The van der Waals surface area contributed by atoms with Crippen LogP contribution in [0.1, 0.15) is 13.8 Å². The van der Waals surface area contributed by atoms with Crippen LogP contribution in [0.5, 0.6) is 23.0 Å². The molecule has 0 aliphatic rings. The quantitative estimate of drug-likeness (QED) is 0.571. The van der Waals surface area contributed by atoms with Gasteiger partial charge in [0.2, 0.25) is 11.2 Å². The third-order valence-corrected chi connectivity index (χ3v) is 3.92. The summed E-state index contributed by atoms with van der Waals surface area (Å²) >= 11 is 0. The molecule has 3 rings (SSSR count). The van der Waals surface area contributed by atoms with Crippen LogP contribution in [0.3, 0.4) is 0 Å². The number of carbonyl (C=O) groups excluding carboxylic acids is 1. The molecule has 0 saturated carbocycles. The zero-order valence-electron chi connectivity index (χ0n) is 15.8. The summed E-state index contributed by atoms with van der Waals surface area (Å²) in [6, 6.07) is 11.6. The van der Waals surface area contributed by atoms with Gasteiger partial charge in [-0.15, -0.1) is 0 Å². The second-order valence-electron chi connectivity index (χ2n) is 5.88. The first kappa shape index (κ1) is 19.3. The Labute approximate surface area is 161 Å². The predicted octanol–water partition coefficient (Wildman–Crippen LogP) is 3.92. The molecule has 0 radical (unpaired) electrons. The molecule has 1 aromatic heterocycles. The van der Waals surface area contributed by atoms with Gasteiger partial charge in [0.15, 0.2) is 6.10 Å². The molecule has 0 amide bonds. The molecule has 146 valence electrons. The summed E-state index contributed by atoms with van der Waals surface area (Å²) in [4.78, 5) is 24.1. The van der Waals surface area contributed by atoms with Crippen molar-refractivity contribution in [1.82, 2.24) is 0 Å². The largest absolute Gasteiger partial charge is 0.494 e. The lowest BCUT2D eigenvalue weighted by atomic mass is 10.2. The van der Waals surface area contributed by atoms with E-state index in [1.54, 1.807) is 43.3 Å². The third kappa shape index (κ3) is 4.25. The summed E-state index contributed by atoms with van der Waals surface area (Å²) in [6.07, 6.45) is 0.464. The molecule has 0 N–H and O–H groups in total. The van der Waals surface area contributed by atoms with E-state index in [2.05, 4.69) is 4.74 Å². The SMILES string of the molecule is CCOc1ccc(Oc2coc3cc(OC(C)C(=O)OC)ccc3c2=O)cc1. The van der Waals surface area contributed by atoms with Gasteiger partial charge >= 0.3 is 5.97 Å². The minimum atomic E-state index is -0.781. The van der Waals surface area contributed by atoms with E-state index in [0.29, 0.717) is 34.8 Å². The molecule has 7 heteroatoms. The Morgan fingerprint density at radius 1 is 1.07 bits per heavy atom. The molecule has 0 fully saturated rings. The van der Waals surface area contributed by atoms with Crippen molar-refractivity contribution in [3.8, 4) is 23.0 Å². The van der Waals surface area contributed by atoms with Gasteiger partial charge in [0, 0.05) is 6.07 Å². The van der Waals surface area contributed by atoms with Crippen LogP contribution in [0.25, 0.3) is 11.0 Å². The Morgan fingerprint density at radius 3 is 2.43 bits per heavy atom. The molecule has 0 spiro atoms. The van der Waals surface area contributed by atoms with Crippen molar-refractivity contribution in [2.45, 2.75) is 20.0 Å². The summed E-state index contributed by atoms with van der Waals surface area (Å²) in [5.41, 5.74) is 0.00121. The molecule has 3 aromatic rings. The molecule has 0 bridgehead atoms. The van der Waals surface area contributed by atoms with Crippen molar-refractivity contribution >= 4 is 16.9 Å². The number of benzene rings is 2. The molecule has 28 heavy (non-hydrogen) atoms. The van der Waals surface area contributed by atoms with E-state index in [-0.39, 0.29) is 11.2 Å². The van der Waals surface area contributed by atoms with Crippen LogP contribution in [-0.2, 0) is 9.53 Å². The van der Waals surface area contributed by atoms with Gasteiger partial charge in [-0.2, -0.15) is 0 Å². The van der Waals surface area contributed by atoms with Gasteiger partial charge in [-0.3, -0.25) is 4.79 Å². The second kappa shape index (κ2) is 8.47. The van der Waals surface area contributed by atoms with Gasteiger partial charge < -0.3 is 23.4 Å². The predicted molar refractivity (Wildman–Crippen MR) is 102 cm³/mol. The molecule has 0 aliphatic heterocycles. The first-order valence-electron chi connectivity index (χ1n) is 8.72. The van der Waals surface area contributed by atoms with Crippen LogP contribution in [0.4, 0.5) is 0 Å². The number of hydrogen-bond acceptors (Lipinski definition) is 7. The Bertz CT molecular complexity index is 1020. The number of rotatable bonds is 7. The average Bonchev–Trinajstić information content (AvgIpc) is 2.71. The summed E-state index contributed by atoms with van der Waals surface area (Å²) in [5.74, 6) is 1.15. The molecular weight excluding hydrogens is 364 g/mol. The van der Waals surface area contributed by atoms with E-state index in [1.165, 1.54) is 19.4 Å². The summed E-state index contributed by atoms with van der Waals surface area (Å²) in [5, 5.41) is 0.335. The lowest BCUT2D eigenvalue weighted by Gasteiger charge is -2.12. The van der Waals surface area contributed by atoms with Gasteiger partial charge in [0.1, 0.15) is 29.1 Å². The number of hydrogen-bond donors (Lipinski definition) is 0. The van der Waals surface area contributed by atoms with Crippen molar-refractivity contribution in [1.29, 1.82) is 0 Å². The van der Waals surface area contributed by atoms with E-state index in [0.717, 1.165) is 0 Å². The van der Waals surface area contributed by atoms with E-state index < -0.39 is 12.1 Å². The van der Waals surface area contributed by atoms with Crippen LogP contribution in [0.15, 0.2) is 57.9 Å². The molecular formula is C21H20O7. The highest BCUT2D eigenvalue weighted by atomic mass is 16.6. The lowest BCUT2D eigenvalue weighted by Crippen LogP contribution is -2.24. The molecule has 1 atom stereocenters. The number of fused-ring (bicyclic) bond motifs is 1. The van der Waals surface area contributed by atoms with Crippen LogP contribution >= 0.6 is 0 Å². The van der Waals surface area contributed by atoms with Gasteiger partial charge in [-0.05, 0) is 50.2 Å². The first-order valence-corrected chi connectivity index (χ1v) is 8.72. The van der Waals surface area contributed by atoms with Crippen molar-refractivity contribution in [2.24, 2.45) is 0 Å². The standard InChI is InChI=1S/C21H20O7/c1-4-25-14-5-7-15(8-6-14)28-19-12-26-18-11-16(9-10-17(18)20(19)22)27-13(2)21(23)24-3/h5-13H,4H2,1-3H3. The molecule has 1 unspecified atom stereocenters. The minimum Gasteiger partial charge on any atom is -0.494 e. The molecule has 7 nitrogen and oxygen atoms in total. The monoisotopic (exact) mass is 384 g/mol. The van der Waals surface area contributed by atoms with Crippen molar-refractivity contribution in [2.75, 3.05) is 13.7 Å². The number of esters is 1. The topological polar surface area (TPSA) is 84.2 Å². The Balaban J connectivity index is 1.82. The second-order valence-corrected chi connectivity index (χ2v) is 5.88. The fraction of sp³-hybridized carbons (Fsp3) is 0.238. The zero-order valence-corrected chi connectivity index (χ0v) is 15.8. The third-order valence-electron chi connectivity index (χ3n) is 3.92. The maximum atomic E-state index is 12.7. The highest BCUT2D eigenvalue weighted by Crippen LogP contribution is 2.25. The Hall–Kier alpha value is -3.48. The number of methoxy groups -OCH3 is 1. The van der Waals surface area contributed by atoms with Gasteiger partial charge in [-0.1, -0.05) is 0 Å². The van der Waals surface area contributed by atoms with Crippen molar-refractivity contribution in [3.63, 3.8) is 0 Å². The van der Waals surface area contributed by atoms with Crippen LogP contribution < -0.4 is 19.6 Å². The van der Waals surface area contributed by atoms with Crippen LogP contribution in [0, 0.1) is 0 Å². The van der Waals surface area contributed by atoms with E-state index in [4.69, 9.17) is 18.6 Å². The van der Waals surface area contributed by atoms with E-state index in [1.807, 2.05) is 6.92 Å². The number of ether oxygens (including phenoxy) is 4. The average molecular weight is 384 g/mol. The van der Waals surface area contributed by atoms with Crippen LogP contribution in [0.2, 0.25) is 0 Å². The number of carbonyl (C=O) groups is 1. The maximum absolute atomic E-state index is 12.7. The normalized spacial score (nSPS) is 11.7. The van der Waals surface area contributed by atoms with Gasteiger partial charge in [0.05, 0.1) is 19.1 Å². The highest BCUT2D eigenvalue weighted by Gasteiger charge is 2.16. The summed E-state index contributed by atoms with van der Waals surface area (Å²) < 4.78 is 26.6. The lowest BCUT2D eigenvalue weighted by molar-refractivity contribution is -0.147. The maximum Gasteiger partial charge on any atom is 0.346 e. The molecule has 2 aromatic carbocycles. The summed E-state index contributed by atoms with van der Waals surface area (Å²) in [7, 11) is 1.29. The van der Waals surface area contributed by atoms with Crippen molar-refractivity contribution < 1.29 is 28.2 Å². The smallest absolute Gasteiger partial charge is 0.346 e. The Morgan fingerprint density at radius 2 is 1.75 bits per heavy atom. The zero-order chi connectivity index (χ0) is 20.1. The molecule has 0 saturated heterocycles. The Kier molecular flexibility index (Phi) is 5.84. The van der Waals surface area contributed by atoms with E-state index in [9.17, 15) is 9.59 Å². The fourth-order valence-electron chi connectivity index (χ4n) is 2.55. The fourth-order valence-corrected chi connectivity index (χ4v) is 2.55. The van der Waals surface area contributed by atoms with Gasteiger partial charge in [-0.25, -0.2) is 4.79 Å². The van der Waals surface area contributed by atoms with E-state index >= 15 is 0 Å². The summed E-state index contributed by atoms with van der Waals surface area (Å²) in [6.45, 7) is 4.04.